The first-order valence-corrected chi connectivity index (χ1v) is 20.5. The van der Waals surface area contributed by atoms with E-state index in [4.69, 9.17) is 0 Å². The van der Waals surface area contributed by atoms with Crippen LogP contribution >= 0.6 is 22.6 Å². The van der Waals surface area contributed by atoms with Crippen LogP contribution in [0.5, 0.6) is 0 Å². The molecule has 0 aliphatic heterocycles. The van der Waals surface area contributed by atoms with E-state index in [0.29, 0.717) is 0 Å². The molecule has 0 aromatic heterocycles. The van der Waals surface area contributed by atoms with Crippen LogP contribution in [0.2, 0.25) is 58.9 Å². The quantitative estimate of drug-likeness (QED) is 0.196. The largest absolute Gasteiger partial charge is 0.129 e. The van der Waals surface area contributed by atoms with Gasteiger partial charge in [0, 0.05) is 5.57 Å². The van der Waals surface area contributed by atoms with E-state index >= 15 is 0 Å². The maximum absolute atomic E-state index is 3.43. The van der Waals surface area contributed by atoms with E-state index in [1.54, 1.807) is 5.20 Å². The molecule has 0 spiro atoms. The van der Waals surface area contributed by atoms with Gasteiger partial charge in [0.2, 0.25) is 0 Å². The smallest absolute Gasteiger partial charge is 0.127 e. The molecule has 0 amide bonds. The average Bonchev–Trinajstić information content (AvgIpc) is 2.39. The lowest BCUT2D eigenvalue weighted by Crippen LogP contribution is -2.23. The van der Waals surface area contributed by atoms with Crippen LogP contribution in [-0.2, 0) is 0 Å². The van der Waals surface area contributed by atoms with E-state index < -0.39 is 24.2 Å². The van der Waals surface area contributed by atoms with E-state index in [-0.39, 0.29) is 0 Å². The number of rotatable bonds is 1. The predicted molar refractivity (Wildman–Crippen MR) is 136 cm³/mol. The van der Waals surface area contributed by atoms with Crippen LogP contribution in [0, 0.1) is 22.9 Å². The standard InChI is InChI=1S/C12H24Si2.C9H15ISi/c1-11(9-10-13(3,4)5)12(2)14(6,7)8;1-8(9(2)10)6-7-11(3,4)5/h1-8H3;1-5H3/b12-11+;9-8+. The van der Waals surface area contributed by atoms with Gasteiger partial charge in [0.25, 0.3) is 0 Å². The van der Waals surface area contributed by atoms with Crippen molar-refractivity contribution in [3.63, 3.8) is 0 Å². The lowest BCUT2D eigenvalue weighted by Gasteiger charge is -2.18. The minimum atomic E-state index is -1.20. The Morgan fingerprint density at radius 3 is 1.16 bits per heavy atom. The summed E-state index contributed by atoms with van der Waals surface area (Å²) in [5.41, 5.74) is 9.28. The highest BCUT2D eigenvalue weighted by molar-refractivity contribution is 14.1. The van der Waals surface area contributed by atoms with Gasteiger partial charge in [-0.15, -0.1) is 11.1 Å². The van der Waals surface area contributed by atoms with Crippen LogP contribution in [0.3, 0.4) is 0 Å². The van der Waals surface area contributed by atoms with E-state index in [9.17, 15) is 0 Å². The summed E-state index contributed by atoms with van der Waals surface area (Å²) in [7, 11) is -3.50. The molecule has 0 atom stereocenters. The van der Waals surface area contributed by atoms with Crippen molar-refractivity contribution in [2.75, 3.05) is 0 Å². The van der Waals surface area contributed by atoms with Crippen LogP contribution < -0.4 is 0 Å². The van der Waals surface area contributed by atoms with Crippen LogP contribution in [0.4, 0.5) is 0 Å². The van der Waals surface area contributed by atoms with Gasteiger partial charge in [-0.25, -0.2) is 0 Å². The molecule has 0 aliphatic carbocycles. The first kappa shape index (κ1) is 27.2. The second kappa shape index (κ2) is 11.0. The average molecular weight is 503 g/mol. The SMILES string of the molecule is C/C(C#C[Si](C)(C)C)=C(/C)[Si](C)(C)C.C/C(I)=C(/C)C#C[Si](C)(C)C. The van der Waals surface area contributed by atoms with Crippen molar-refractivity contribution in [1.82, 2.24) is 0 Å². The van der Waals surface area contributed by atoms with Gasteiger partial charge >= 0.3 is 0 Å². The maximum atomic E-state index is 3.43. The van der Waals surface area contributed by atoms with E-state index in [1.165, 1.54) is 14.7 Å². The monoisotopic (exact) mass is 502 g/mol. The van der Waals surface area contributed by atoms with Crippen molar-refractivity contribution in [1.29, 1.82) is 0 Å². The van der Waals surface area contributed by atoms with Gasteiger partial charge in [-0.1, -0.05) is 76.0 Å². The summed E-state index contributed by atoms with van der Waals surface area (Å²) in [6.07, 6.45) is 0. The minimum Gasteiger partial charge on any atom is -0.127 e. The molecule has 0 heterocycles. The molecule has 0 N–H and O–H groups in total. The fraction of sp³-hybridized carbons (Fsp3) is 0.619. The molecule has 0 rings (SSSR count). The third kappa shape index (κ3) is 17.2. The normalized spacial score (nSPS) is 13.8. The summed E-state index contributed by atoms with van der Waals surface area (Å²) in [6, 6.07) is 0. The molecular formula is C21H39ISi3. The highest BCUT2D eigenvalue weighted by Gasteiger charge is 2.17. The minimum absolute atomic E-state index is 1.13. The van der Waals surface area contributed by atoms with Crippen LogP contribution in [0.15, 0.2) is 19.9 Å². The van der Waals surface area contributed by atoms with Crippen molar-refractivity contribution < 1.29 is 0 Å². The zero-order chi connectivity index (χ0) is 20.6. The van der Waals surface area contributed by atoms with Crippen LogP contribution in [0.25, 0.3) is 0 Å². The summed E-state index contributed by atoms with van der Waals surface area (Å²) in [5.74, 6) is 6.56. The van der Waals surface area contributed by atoms with Crippen molar-refractivity contribution >= 4 is 46.8 Å². The molecule has 0 saturated heterocycles. The molecule has 0 bridgehead atoms. The Bertz CT molecular complexity index is 622. The highest BCUT2D eigenvalue weighted by Crippen LogP contribution is 2.17. The first-order valence-electron chi connectivity index (χ1n) is 8.94. The van der Waals surface area contributed by atoms with E-state index in [1.807, 2.05) is 0 Å². The molecule has 142 valence electrons. The van der Waals surface area contributed by atoms with E-state index in [0.717, 1.165) is 0 Å². The van der Waals surface area contributed by atoms with Gasteiger partial charge < -0.3 is 0 Å². The molecule has 0 fully saturated rings. The molecule has 0 aliphatic rings. The Morgan fingerprint density at radius 1 is 0.600 bits per heavy atom. The van der Waals surface area contributed by atoms with Gasteiger partial charge in [-0.3, -0.25) is 0 Å². The molecule has 0 saturated carbocycles. The Labute approximate surface area is 175 Å². The fourth-order valence-electron chi connectivity index (χ4n) is 1.30. The van der Waals surface area contributed by atoms with Gasteiger partial charge in [0.1, 0.15) is 16.1 Å². The number of hydrogen-bond acceptors (Lipinski definition) is 0. The zero-order valence-electron chi connectivity index (χ0n) is 18.9. The highest BCUT2D eigenvalue weighted by atomic mass is 127. The lowest BCUT2D eigenvalue weighted by molar-refractivity contribution is 1.42. The molecule has 25 heavy (non-hydrogen) atoms. The third-order valence-corrected chi connectivity index (χ3v) is 8.64. The van der Waals surface area contributed by atoms with Gasteiger partial charge in [-0.2, -0.15) is 0 Å². The third-order valence-electron chi connectivity index (χ3n) is 3.45. The number of hydrogen-bond donors (Lipinski definition) is 0. The van der Waals surface area contributed by atoms with E-state index in [2.05, 4.69) is 132 Å². The predicted octanol–water partition coefficient (Wildman–Crippen LogP) is 7.68. The number of allylic oxidation sites excluding steroid dienone is 4. The van der Waals surface area contributed by atoms with Crippen LogP contribution in [0.1, 0.15) is 27.7 Å². The zero-order valence-corrected chi connectivity index (χ0v) is 24.0. The van der Waals surface area contributed by atoms with Crippen molar-refractivity contribution in [3.05, 3.63) is 19.9 Å². The molecule has 0 radical (unpaired) electrons. The number of halogens is 1. The Kier molecular flexibility index (Phi) is 11.9. The molecule has 0 aromatic rings. The van der Waals surface area contributed by atoms with Crippen LogP contribution in [-0.4, -0.2) is 24.2 Å². The van der Waals surface area contributed by atoms with Gasteiger partial charge in [0.15, 0.2) is 0 Å². The fourth-order valence-corrected chi connectivity index (χ4v) is 3.75. The van der Waals surface area contributed by atoms with Gasteiger partial charge in [-0.05, 0) is 59.4 Å². The summed E-state index contributed by atoms with van der Waals surface area (Å²) in [6.45, 7) is 29.4. The Morgan fingerprint density at radius 2 is 0.920 bits per heavy atom. The van der Waals surface area contributed by atoms with Gasteiger partial charge in [0.05, 0.1) is 8.07 Å². The van der Waals surface area contributed by atoms with Crippen molar-refractivity contribution in [2.24, 2.45) is 0 Å². The maximum Gasteiger partial charge on any atom is 0.129 e. The summed E-state index contributed by atoms with van der Waals surface area (Å²) in [5, 5.41) is 1.54. The topological polar surface area (TPSA) is 0 Å². The molecule has 0 unspecified atom stereocenters. The molecular weight excluding hydrogens is 463 g/mol. The van der Waals surface area contributed by atoms with Crippen molar-refractivity contribution in [2.45, 2.75) is 86.6 Å². The Hall–Kier alpha value is -0.0194. The molecule has 4 heteroatoms. The first-order chi connectivity index (χ1) is 10.9. The summed E-state index contributed by atoms with van der Waals surface area (Å²) < 4.78 is 1.30. The second-order valence-electron chi connectivity index (χ2n) is 9.66. The molecule has 0 aromatic carbocycles. The second-order valence-corrected chi connectivity index (χ2v) is 26.0. The lowest BCUT2D eigenvalue weighted by atomic mass is 10.3. The molecule has 0 nitrogen and oxygen atoms in total. The van der Waals surface area contributed by atoms with Crippen molar-refractivity contribution in [3.8, 4) is 22.9 Å². The summed E-state index contributed by atoms with van der Waals surface area (Å²) >= 11 is 2.31. The Balaban J connectivity index is 0. The summed E-state index contributed by atoms with van der Waals surface area (Å²) in [4.78, 5) is 0.